The van der Waals surface area contributed by atoms with Crippen molar-refractivity contribution in [2.75, 3.05) is 22.9 Å². The van der Waals surface area contributed by atoms with Gasteiger partial charge in [-0.3, -0.25) is 4.79 Å². The van der Waals surface area contributed by atoms with Crippen molar-refractivity contribution >= 4 is 17.4 Å². The summed E-state index contributed by atoms with van der Waals surface area (Å²) in [5.41, 5.74) is 5.59. The molecular formula is C26H28N4O. The van der Waals surface area contributed by atoms with E-state index in [-0.39, 0.29) is 17.9 Å². The first-order valence-electron chi connectivity index (χ1n) is 11.2. The summed E-state index contributed by atoms with van der Waals surface area (Å²) in [6.45, 7) is 5.91. The molecule has 3 heterocycles. The number of piperidine rings is 1. The number of rotatable bonds is 3. The molecule has 1 amide bonds. The molecule has 0 aliphatic carbocycles. The van der Waals surface area contributed by atoms with Crippen LogP contribution in [0.4, 0.5) is 11.5 Å². The Labute approximate surface area is 183 Å². The Morgan fingerprint density at radius 2 is 1.68 bits per heavy atom. The first kappa shape index (κ1) is 19.7. The van der Waals surface area contributed by atoms with Gasteiger partial charge in [-0.1, -0.05) is 42.5 Å². The predicted octanol–water partition coefficient (Wildman–Crippen LogP) is 4.65. The van der Waals surface area contributed by atoms with Gasteiger partial charge >= 0.3 is 0 Å². The number of fused-ring (bicyclic) bond motifs is 1. The molecule has 1 saturated heterocycles. The summed E-state index contributed by atoms with van der Waals surface area (Å²) in [6.07, 6.45) is 2.65. The molecule has 0 N–H and O–H groups in total. The average molecular weight is 413 g/mol. The number of hydrogen-bond donors (Lipinski definition) is 0. The Bertz CT molecular complexity index is 1090. The van der Waals surface area contributed by atoms with Crippen LogP contribution in [0.15, 0.2) is 60.7 Å². The lowest BCUT2D eigenvalue weighted by molar-refractivity contribution is -0.123. The van der Waals surface area contributed by atoms with Crippen LogP contribution in [-0.4, -0.2) is 35.2 Å². The van der Waals surface area contributed by atoms with Crippen molar-refractivity contribution < 1.29 is 4.79 Å². The summed E-state index contributed by atoms with van der Waals surface area (Å²) in [5, 5.41) is 8.96. The van der Waals surface area contributed by atoms with Crippen LogP contribution in [0.2, 0.25) is 0 Å². The maximum atomic E-state index is 13.3. The lowest BCUT2D eigenvalue weighted by Gasteiger charge is -2.35. The monoisotopic (exact) mass is 412 g/mol. The SMILES string of the molecule is Cc1ccccc1-c1ccc(N2CCC(C(=O)N3c4ccccc4C[C@@H]3C)CC2)nn1. The molecule has 0 unspecified atom stereocenters. The van der Waals surface area contributed by atoms with E-state index in [2.05, 4.69) is 65.3 Å². The molecule has 158 valence electrons. The fraction of sp³-hybridized carbons (Fsp3) is 0.346. The normalized spacial score (nSPS) is 18.8. The highest BCUT2D eigenvalue weighted by atomic mass is 16.2. The summed E-state index contributed by atoms with van der Waals surface area (Å²) in [7, 11) is 0. The second kappa shape index (κ2) is 8.14. The second-order valence-corrected chi connectivity index (χ2v) is 8.74. The Morgan fingerprint density at radius 1 is 0.935 bits per heavy atom. The van der Waals surface area contributed by atoms with Crippen molar-refractivity contribution in [3.05, 3.63) is 71.8 Å². The number of aryl methyl sites for hydroxylation is 1. The van der Waals surface area contributed by atoms with Gasteiger partial charge in [0, 0.05) is 36.3 Å². The third-order valence-corrected chi connectivity index (χ3v) is 6.68. The predicted molar refractivity (Wildman–Crippen MR) is 124 cm³/mol. The van der Waals surface area contributed by atoms with Crippen molar-refractivity contribution in [1.29, 1.82) is 0 Å². The third kappa shape index (κ3) is 3.69. The van der Waals surface area contributed by atoms with E-state index in [1.807, 2.05) is 29.2 Å². The van der Waals surface area contributed by atoms with Crippen LogP contribution in [0.3, 0.4) is 0 Å². The molecule has 3 aromatic rings. The van der Waals surface area contributed by atoms with E-state index in [0.29, 0.717) is 0 Å². The van der Waals surface area contributed by atoms with Gasteiger partial charge in [-0.05, 0) is 62.4 Å². The number of benzene rings is 2. The molecule has 5 nitrogen and oxygen atoms in total. The fourth-order valence-electron chi connectivity index (χ4n) is 4.95. The summed E-state index contributed by atoms with van der Waals surface area (Å²) in [5.74, 6) is 1.24. The molecule has 31 heavy (non-hydrogen) atoms. The Hall–Kier alpha value is -3.21. The minimum Gasteiger partial charge on any atom is -0.355 e. The topological polar surface area (TPSA) is 49.3 Å². The molecular weight excluding hydrogens is 384 g/mol. The van der Waals surface area contributed by atoms with Gasteiger partial charge in [0.05, 0.1) is 5.69 Å². The molecule has 5 rings (SSSR count). The molecule has 2 aliphatic rings. The van der Waals surface area contributed by atoms with Gasteiger partial charge in [-0.25, -0.2) is 0 Å². The average Bonchev–Trinajstić information content (AvgIpc) is 3.15. The number of anilines is 2. The van der Waals surface area contributed by atoms with Crippen LogP contribution in [-0.2, 0) is 11.2 Å². The zero-order chi connectivity index (χ0) is 21.4. The summed E-state index contributed by atoms with van der Waals surface area (Å²) >= 11 is 0. The third-order valence-electron chi connectivity index (χ3n) is 6.68. The molecule has 2 aliphatic heterocycles. The standard InChI is InChI=1S/C26H28N4O/c1-18-7-3-5-9-22(18)23-11-12-25(28-27-23)29-15-13-20(14-16-29)26(31)30-19(2)17-21-8-4-6-10-24(21)30/h3-12,19-20H,13-17H2,1-2H3/t19-/m0/s1. The van der Waals surface area contributed by atoms with Gasteiger partial charge in [0.1, 0.15) is 0 Å². The lowest BCUT2D eigenvalue weighted by atomic mass is 9.94. The van der Waals surface area contributed by atoms with Gasteiger partial charge in [0.25, 0.3) is 0 Å². The van der Waals surface area contributed by atoms with Crippen molar-refractivity contribution in [2.45, 2.75) is 39.2 Å². The van der Waals surface area contributed by atoms with E-state index < -0.39 is 0 Å². The molecule has 0 bridgehead atoms. The van der Waals surface area contributed by atoms with Crippen molar-refractivity contribution in [2.24, 2.45) is 5.92 Å². The largest absolute Gasteiger partial charge is 0.355 e. The van der Waals surface area contributed by atoms with Crippen molar-refractivity contribution in [3.63, 3.8) is 0 Å². The van der Waals surface area contributed by atoms with Gasteiger partial charge in [0.15, 0.2) is 5.82 Å². The Kier molecular flexibility index (Phi) is 5.18. The van der Waals surface area contributed by atoms with E-state index in [0.717, 1.165) is 55.1 Å². The number of aromatic nitrogens is 2. The summed E-state index contributed by atoms with van der Waals surface area (Å²) in [4.78, 5) is 17.6. The van der Waals surface area contributed by atoms with E-state index >= 15 is 0 Å². The highest BCUT2D eigenvalue weighted by Crippen LogP contribution is 2.35. The fourth-order valence-corrected chi connectivity index (χ4v) is 4.95. The van der Waals surface area contributed by atoms with Gasteiger partial charge in [0.2, 0.25) is 5.91 Å². The van der Waals surface area contributed by atoms with Crippen LogP contribution >= 0.6 is 0 Å². The molecule has 1 aromatic heterocycles. The van der Waals surface area contributed by atoms with Gasteiger partial charge in [-0.15, -0.1) is 10.2 Å². The maximum Gasteiger partial charge on any atom is 0.230 e. The van der Waals surface area contributed by atoms with Crippen LogP contribution in [0, 0.1) is 12.8 Å². The van der Waals surface area contributed by atoms with E-state index in [4.69, 9.17) is 0 Å². The van der Waals surface area contributed by atoms with Crippen molar-refractivity contribution in [1.82, 2.24) is 10.2 Å². The number of nitrogens with zero attached hydrogens (tertiary/aromatic N) is 4. The van der Waals surface area contributed by atoms with E-state index in [1.54, 1.807) is 0 Å². The molecule has 1 atom stereocenters. The molecule has 0 spiro atoms. The smallest absolute Gasteiger partial charge is 0.230 e. The van der Waals surface area contributed by atoms with Crippen LogP contribution in [0.5, 0.6) is 0 Å². The van der Waals surface area contributed by atoms with E-state index in [9.17, 15) is 4.79 Å². The zero-order valence-electron chi connectivity index (χ0n) is 18.2. The number of carbonyl (C=O) groups is 1. The minimum atomic E-state index is 0.0732. The molecule has 2 aromatic carbocycles. The molecule has 0 radical (unpaired) electrons. The first-order valence-corrected chi connectivity index (χ1v) is 11.2. The van der Waals surface area contributed by atoms with Crippen LogP contribution in [0.25, 0.3) is 11.3 Å². The number of hydrogen-bond acceptors (Lipinski definition) is 4. The molecule has 1 fully saturated rings. The Balaban J connectivity index is 1.25. The lowest BCUT2D eigenvalue weighted by Crippen LogP contribution is -2.45. The van der Waals surface area contributed by atoms with E-state index in [1.165, 1.54) is 11.1 Å². The Morgan fingerprint density at radius 3 is 2.42 bits per heavy atom. The zero-order valence-corrected chi connectivity index (χ0v) is 18.2. The maximum absolute atomic E-state index is 13.3. The van der Waals surface area contributed by atoms with Crippen molar-refractivity contribution in [3.8, 4) is 11.3 Å². The van der Waals surface area contributed by atoms with Gasteiger partial charge in [-0.2, -0.15) is 0 Å². The highest BCUT2D eigenvalue weighted by molar-refractivity contribution is 5.97. The summed E-state index contributed by atoms with van der Waals surface area (Å²) in [6, 6.07) is 20.9. The second-order valence-electron chi connectivity index (χ2n) is 8.74. The quantitative estimate of drug-likeness (QED) is 0.629. The van der Waals surface area contributed by atoms with Gasteiger partial charge < -0.3 is 9.80 Å². The minimum absolute atomic E-state index is 0.0732. The number of para-hydroxylation sites is 1. The molecule has 5 heteroatoms. The first-order chi connectivity index (χ1) is 15.1. The van der Waals surface area contributed by atoms with Crippen LogP contribution in [0.1, 0.15) is 30.9 Å². The number of carbonyl (C=O) groups excluding carboxylic acids is 1. The molecule has 0 saturated carbocycles. The van der Waals surface area contributed by atoms with Crippen LogP contribution < -0.4 is 9.80 Å². The summed E-state index contributed by atoms with van der Waals surface area (Å²) < 4.78 is 0. The highest BCUT2D eigenvalue weighted by Gasteiger charge is 2.36. The number of amides is 1.